The molecule has 3 heterocycles. The zero-order chi connectivity index (χ0) is 21.0. The van der Waals surface area contributed by atoms with Gasteiger partial charge in [0.2, 0.25) is 0 Å². The molecule has 1 atom stereocenters. The third kappa shape index (κ3) is 2.83. The number of rotatable bonds is 3. The Morgan fingerprint density at radius 3 is 2.90 bits per heavy atom. The van der Waals surface area contributed by atoms with Crippen molar-refractivity contribution >= 4 is 17.4 Å². The van der Waals surface area contributed by atoms with Gasteiger partial charge in [-0.1, -0.05) is 26.0 Å². The predicted molar refractivity (Wildman–Crippen MR) is 114 cm³/mol. The molecule has 154 valence electrons. The van der Waals surface area contributed by atoms with Crippen molar-refractivity contribution in [2.24, 2.45) is 0 Å². The summed E-state index contributed by atoms with van der Waals surface area (Å²) < 4.78 is 11.4. The molecule has 5 nitrogen and oxygen atoms in total. The van der Waals surface area contributed by atoms with Gasteiger partial charge in [-0.15, -0.1) is 0 Å². The number of carbonyl (C=O) groups excluding carboxylic acids is 2. The highest BCUT2D eigenvalue weighted by atomic mass is 16.5. The van der Waals surface area contributed by atoms with Gasteiger partial charge in [-0.3, -0.25) is 9.59 Å². The summed E-state index contributed by atoms with van der Waals surface area (Å²) in [6.45, 7) is 7.54. The smallest absolute Gasteiger partial charge is 0.310 e. The Morgan fingerprint density at radius 2 is 2.10 bits per heavy atom. The van der Waals surface area contributed by atoms with Gasteiger partial charge in [0.1, 0.15) is 11.9 Å². The number of allylic oxidation sites excluding steroid dienone is 4. The molecule has 0 saturated carbocycles. The maximum atomic E-state index is 12.0. The van der Waals surface area contributed by atoms with Crippen LogP contribution in [0.2, 0.25) is 0 Å². The zero-order valence-electron chi connectivity index (χ0n) is 17.5. The average Bonchev–Trinajstić information content (AvgIpc) is 2.94. The van der Waals surface area contributed by atoms with Crippen LogP contribution in [0, 0.1) is 0 Å². The molecule has 0 fully saturated rings. The molecule has 0 bridgehead atoms. The molecular weight excluding hydrogens is 378 g/mol. The second-order valence-corrected chi connectivity index (χ2v) is 8.65. The molecule has 1 aromatic carbocycles. The van der Waals surface area contributed by atoms with Gasteiger partial charge in [0.15, 0.2) is 5.78 Å². The van der Waals surface area contributed by atoms with Gasteiger partial charge in [-0.25, -0.2) is 0 Å². The van der Waals surface area contributed by atoms with Crippen molar-refractivity contribution in [2.45, 2.75) is 45.1 Å². The molecule has 0 N–H and O–H groups in total. The van der Waals surface area contributed by atoms with Crippen LogP contribution >= 0.6 is 0 Å². The van der Waals surface area contributed by atoms with Crippen LogP contribution in [0.5, 0.6) is 0 Å². The van der Waals surface area contributed by atoms with Crippen LogP contribution in [0.3, 0.4) is 0 Å². The predicted octanol–water partition coefficient (Wildman–Crippen LogP) is 3.90. The largest absolute Gasteiger partial charge is 0.485 e. The van der Waals surface area contributed by atoms with Gasteiger partial charge in [0.25, 0.3) is 0 Å². The number of benzene rings is 1. The van der Waals surface area contributed by atoms with Crippen LogP contribution in [0.15, 0.2) is 65.1 Å². The van der Waals surface area contributed by atoms with E-state index in [0.717, 1.165) is 24.1 Å². The maximum Gasteiger partial charge on any atom is 0.310 e. The van der Waals surface area contributed by atoms with Crippen LogP contribution in [0.1, 0.15) is 38.3 Å². The minimum Gasteiger partial charge on any atom is -0.485 e. The Hall–Kier alpha value is -3.08. The highest BCUT2D eigenvalue weighted by molar-refractivity contribution is 6.02. The molecule has 0 saturated heterocycles. The van der Waals surface area contributed by atoms with Gasteiger partial charge in [-0.2, -0.15) is 0 Å². The standard InChI is InChI=1S/C25H25NO4/c1-4-29-23(28)12-15-5-8-20-19(11-15)25(2,3)24-18-13-16-6-7-17(27)14-22(16)30-21(18)9-10-26(20)24/h5-8,11,13-14,21H,4,9-10,12H2,1-3H3. The zero-order valence-corrected chi connectivity index (χ0v) is 17.5. The van der Waals surface area contributed by atoms with E-state index in [9.17, 15) is 9.59 Å². The summed E-state index contributed by atoms with van der Waals surface area (Å²) >= 11 is 0. The summed E-state index contributed by atoms with van der Waals surface area (Å²) in [5, 5.41) is 0. The summed E-state index contributed by atoms with van der Waals surface area (Å²) in [7, 11) is 0. The van der Waals surface area contributed by atoms with Crippen LogP contribution in [-0.4, -0.2) is 31.0 Å². The fourth-order valence-corrected chi connectivity index (χ4v) is 5.04. The molecule has 30 heavy (non-hydrogen) atoms. The molecule has 1 aliphatic carbocycles. The Kier molecular flexibility index (Phi) is 4.24. The number of nitrogens with zero attached hydrogens (tertiary/aromatic N) is 1. The summed E-state index contributed by atoms with van der Waals surface area (Å²) in [6, 6.07) is 6.30. The lowest BCUT2D eigenvalue weighted by atomic mass is 9.78. The summed E-state index contributed by atoms with van der Waals surface area (Å²) in [6.07, 6.45) is 8.28. The van der Waals surface area contributed by atoms with Crippen molar-refractivity contribution in [1.82, 2.24) is 0 Å². The minimum atomic E-state index is -0.218. The fourth-order valence-electron chi connectivity index (χ4n) is 5.04. The first kappa shape index (κ1) is 18.9. The number of anilines is 1. The number of carbonyl (C=O) groups is 2. The van der Waals surface area contributed by atoms with E-state index in [1.54, 1.807) is 12.2 Å². The molecule has 1 unspecified atom stereocenters. The Morgan fingerprint density at radius 1 is 1.27 bits per heavy atom. The number of fused-ring (bicyclic) bond motifs is 5. The molecule has 5 heteroatoms. The van der Waals surface area contributed by atoms with Gasteiger partial charge < -0.3 is 14.4 Å². The van der Waals surface area contributed by atoms with Crippen molar-refractivity contribution in [3.05, 3.63) is 76.2 Å². The van der Waals surface area contributed by atoms with Gasteiger partial charge in [0.05, 0.1) is 13.0 Å². The molecule has 1 aromatic rings. The number of esters is 1. The van der Waals surface area contributed by atoms with E-state index in [0.29, 0.717) is 12.4 Å². The lowest BCUT2D eigenvalue weighted by Crippen LogP contribution is -2.39. The highest BCUT2D eigenvalue weighted by Gasteiger charge is 2.46. The molecule has 3 aliphatic heterocycles. The molecule has 4 aliphatic rings. The molecule has 0 aromatic heterocycles. The molecule has 0 spiro atoms. The van der Waals surface area contributed by atoms with Crippen LogP contribution in [0.4, 0.5) is 5.69 Å². The average molecular weight is 403 g/mol. The second kappa shape index (κ2) is 6.73. The minimum absolute atomic E-state index is 0.0292. The quantitative estimate of drug-likeness (QED) is 0.717. The summed E-state index contributed by atoms with van der Waals surface area (Å²) in [5.41, 5.74) is 6.55. The van der Waals surface area contributed by atoms with E-state index >= 15 is 0 Å². The number of ether oxygens (including phenoxy) is 2. The Labute approximate surface area is 176 Å². The van der Waals surface area contributed by atoms with E-state index in [1.807, 2.05) is 19.1 Å². The van der Waals surface area contributed by atoms with Crippen molar-refractivity contribution in [3.63, 3.8) is 0 Å². The third-order valence-electron chi connectivity index (χ3n) is 6.34. The fraction of sp³-hybridized carbons (Fsp3) is 0.360. The van der Waals surface area contributed by atoms with E-state index in [1.165, 1.54) is 22.5 Å². The molecule has 5 rings (SSSR count). The van der Waals surface area contributed by atoms with Gasteiger partial charge >= 0.3 is 5.97 Å². The summed E-state index contributed by atoms with van der Waals surface area (Å²) in [5.74, 6) is 0.449. The van der Waals surface area contributed by atoms with Gasteiger partial charge in [-0.05, 0) is 42.3 Å². The highest BCUT2D eigenvalue weighted by Crippen LogP contribution is 2.53. The SMILES string of the molecule is CCOC(=O)Cc1ccc2c(c1)C(C)(C)C1=C3C=C4C=CC(=O)C=C4OC3CCN12. The number of hydrogen-bond acceptors (Lipinski definition) is 5. The van der Waals surface area contributed by atoms with Crippen LogP contribution in [-0.2, 0) is 30.9 Å². The van der Waals surface area contributed by atoms with E-state index in [2.05, 4.69) is 37.0 Å². The monoisotopic (exact) mass is 403 g/mol. The third-order valence-corrected chi connectivity index (χ3v) is 6.34. The van der Waals surface area contributed by atoms with E-state index < -0.39 is 0 Å². The lowest BCUT2D eigenvalue weighted by molar-refractivity contribution is -0.142. The van der Waals surface area contributed by atoms with Crippen molar-refractivity contribution < 1.29 is 19.1 Å². The molecule has 0 radical (unpaired) electrons. The van der Waals surface area contributed by atoms with Crippen molar-refractivity contribution in [2.75, 3.05) is 18.1 Å². The normalized spacial score (nSPS) is 23.0. The Bertz CT molecular complexity index is 1090. The summed E-state index contributed by atoms with van der Waals surface area (Å²) in [4.78, 5) is 26.1. The van der Waals surface area contributed by atoms with Crippen LogP contribution < -0.4 is 4.90 Å². The Balaban J connectivity index is 1.58. The second-order valence-electron chi connectivity index (χ2n) is 8.65. The number of ketones is 1. The molecule has 0 amide bonds. The van der Waals surface area contributed by atoms with E-state index in [-0.39, 0.29) is 29.7 Å². The van der Waals surface area contributed by atoms with Crippen molar-refractivity contribution in [1.29, 1.82) is 0 Å². The first-order chi connectivity index (χ1) is 14.4. The first-order valence-corrected chi connectivity index (χ1v) is 10.5. The van der Waals surface area contributed by atoms with Crippen LogP contribution in [0.25, 0.3) is 0 Å². The van der Waals surface area contributed by atoms with Gasteiger partial charge in [0, 0.05) is 47.0 Å². The number of hydrogen-bond donors (Lipinski definition) is 0. The van der Waals surface area contributed by atoms with E-state index in [4.69, 9.17) is 9.47 Å². The first-order valence-electron chi connectivity index (χ1n) is 10.5. The maximum absolute atomic E-state index is 12.0. The molecular formula is C25H25NO4. The topological polar surface area (TPSA) is 55.8 Å². The lowest BCUT2D eigenvalue weighted by Gasteiger charge is -2.40. The van der Waals surface area contributed by atoms with Crippen molar-refractivity contribution in [3.8, 4) is 0 Å².